The first-order valence-corrected chi connectivity index (χ1v) is 13.6. The number of amides is 4. The maximum absolute atomic E-state index is 14.2. The zero-order valence-corrected chi connectivity index (χ0v) is 22.4. The van der Waals surface area contributed by atoms with Gasteiger partial charge < -0.3 is 9.80 Å². The molecule has 0 aliphatic carbocycles. The molecule has 2 heterocycles. The minimum absolute atomic E-state index is 0.0216. The van der Waals surface area contributed by atoms with Gasteiger partial charge in [0.1, 0.15) is 6.54 Å². The molecule has 2 atom stereocenters. The van der Waals surface area contributed by atoms with Crippen molar-refractivity contribution >= 4 is 45.8 Å². The van der Waals surface area contributed by atoms with E-state index >= 15 is 0 Å². The van der Waals surface area contributed by atoms with E-state index in [0.717, 1.165) is 21.5 Å². The van der Waals surface area contributed by atoms with Crippen LogP contribution in [0.5, 0.6) is 0 Å². The number of carbonyl (C=O) groups excluding carboxylic acids is 4. The second-order valence-corrected chi connectivity index (χ2v) is 10.3. The topological polar surface area (TPSA) is 78.0 Å². The Hall–Kier alpha value is -4.78. The van der Waals surface area contributed by atoms with Crippen molar-refractivity contribution < 1.29 is 19.2 Å². The highest BCUT2D eigenvalue weighted by Gasteiger charge is 2.40. The Labute approximate surface area is 232 Å². The lowest BCUT2D eigenvalue weighted by molar-refractivity contribution is -0.119. The summed E-state index contributed by atoms with van der Waals surface area (Å²) in [5, 5.41) is 1.44. The SMILES string of the molecule is CCC(=O)N1c2ccccc2[C@@H](N(C(=O)CN2C(=O)c3cccc4cccc(c34)C2=O)c2ccccc2)C[C@H]1C. The monoisotopic (exact) mass is 531 g/mol. The van der Waals surface area contributed by atoms with Crippen molar-refractivity contribution in [3.05, 3.63) is 108 Å². The summed E-state index contributed by atoms with van der Waals surface area (Å²) in [7, 11) is 0. The van der Waals surface area contributed by atoms with Gasteiger partial charge >= 0.3 is 0 Å². The van der Waals surface area contributed by atoms with E-state index < -0.39 is 24.4 Å². The predicted molar refractivity (Wildman–Crippen MR) is 154 cm³/mol. The molecule has 7 nitrogen and oxygen atoms in total. The lowest BCUT2D eigenvalue weighted by Gasteiger charge is -2.44. The van der Waals surface area contributed by atoms with Gasteiger partial charge in [-0.15, -0.1) is 0 Å². The Balaban J connectivity index is 1.40. The molecule has 0 radical (unpaired) electrons. The van der Waals surface area contributed by atoms with Gasteiger partial charge in [0, 0.05) is 40.4 Å². The fourth-order valence-electron chi connectivity index (χ4n) is 6.10. The van der Waals surface area contributed by atoms with Gasteiger partial charge in [0.05, 0.1) is 6.04 Å². The van der Waals surface area contributed by atoms with E-state index in [4.69, 9.17) is 0 Å². The van der Waals surface area contributed by atoms with Crippen LogP contribution in [0.4, 0.5) is 11.4 Å². The van der Waals surface area contributed by atoms with E-state index in [2.05, 4.69) is 0 Å². The van der Waals surface area contributed by atoms with Crippen molar-refractivity contribution in [1.82, 2.24) is 4.90 Å². The Bertz CT molecular complexity index is 1610. The van der Waals surface area contributed by atoms with E-state index in [9.17, 15) is 19.2 Å². The fourth-order valence-corrected chi connectivity index (χ4v) is 6.10. The van der Waals surface area contributed by atoms with Crippen LogP contribution in [0.25, 0.3) is 10.8 Å². The van der Waals surface area contributed by atoms with Gasteiger partial charge in [-0.2, -0.15) is 0 Å². The first-order chi connectivity index (χ1) is 19.4. The van der Waals surface area contributed by atoms with Crippen molar-refractivity contribution in [2.45, 2.75) is 38.8 Å². The van der Waals surface area contributed by atoms with Gasteiger partial charge in [-0.1, -0.05) is 67.6 Å². The second-order valence-electron chi connectivity index (χ2n) is 10.3. The van der Waals surface area contributed by atoms with Gasteiger partial charge in [-0.05, 0) is 54.6 Å². The van der Waals surface area contributed by atoms with Crippen LogP contribution in [-0.2, 0) is 9.59 Å². The molecule has 4 aromatic carbocycles. The summed E-state index contributed by atoms with van der Waals surface area (Å²) in [6.07, 6.45) is 0.880. The van der Waals surface area contributed by atoms with E-state index in [1.165, 1.54) is 0 Å². The maximum atomic E-state index is 14.2. The van der Waals surface area contributed by atoms with Gasteiger partial charge in [0.15, 0.2) is 0 Å². The summed E-state index contributed by atoms with van der Waals surface area (Å²) in [5.41, 5.74) is 3.12. The summed E-state index contributed by atoms with van der Waals surface area (Å²) >= 11 is 0. The van der Waals surface area contributed by atoms with E-state index in [1.54, 1.807) is 29.2 Å². The van der Waals surface area contributed by atoms with E-state index in [1.807, 2.05) is 85.5 Å². The van der Waals surface area contributed by atoms with Crippen molar-refractivity contribution in [2.75, 3.05) is 16.3 Å². The maximum Gasteiger partial charge on any atom is 0.261 e. The first kappa shape index (κ1) is 25.5. The third-order valence-corrected chi connectivity index (χ3v) is 7.90. The highest BCUT2D eigenvalue weighted by Crippen LogP contribution is 2.42. The number of nitrogens with zero attached hydrogens (tertiary/aromatic N) is 3. The first-order valence-electron chi connectivity index (χ1n) is 13.6. The predicted octanol–water partition coefficient (Wildman–Crippen LogP) is 5.75. The molecule has 0 bridgehead atoms. The fraction of sp³-hybridized carbons (Fsp3) is 0.212. The number of hydrogen-bond acceptors (Lipinski definition) is 4. The third-order valence-electron chi connectivity index (χ3n) is 7.90. The number of fused-ring (bicyclic) bond motifs is 1. The molecule has 0 unspecified atom stereocenters. The molecule has 0 saturated carbocycles. The average molecular weight is 532 g/mol. The van der Waals surface area contributed by atoms with Crippen molar-refractivity contribution in [1.29, 1.82) is 0 Å². The van der Waals surface area contributed by atoms with Crippen LogP contribution in [-0.4, -0.2) is 41.1 Å². The van der Waals surface area contributed by atoms with E-state index in [0.29, 0.717) is 35.0 Å². The molecule has 0 spiro atoms. The number of carbonyl (C=O) groups is 4. The molecule has 4 aromatic rings. The zero-order chi connectivity index (χ0) is 28.0. The summed E-state index contributed by atoms with van der Waals surface area (Å²) < 4.78 is 0. The summed E-state index contributed by atoms with van der Waals surface area (Å²) in [4.78, 5) is 58.8. The quantitative estimate of drug-likeness (QED) is 0.308. The van der Waals surface area contributed by atoms with Crippen molar-refractivity contribution in [3.8, 4) is 0 Å². The van der Waals surface area contributed by atoms with Crippen LogP contribution in [0, 0.1) is 0 Å². The number of imide groups is 1. The minimum Gasteiger partial charge on any atom is -0.309 e. The molecule has 7 heteroatoms. The highest BCUT2D eigenvalue weighted by atomic mass is 16.2. The van der Waals surface area contributed by atoms with Crippen molar-refractivity contribution in [3.63, 3.8) is 0 Å². The van der Waals surface area contributed by atoms with Gasteiger partial charge in [-0.25, -0.2) is 0 Å². The lowest BCUT2D eigenvalue weighted by atomic mass is 9.89. The number of hydrogen-bond donors (Lipinski definition) is 0. The molecule has 6 rings (SSSR count). The molecule has 4 amide bonds. The summed E-state index contributed by atoms with van der Waals surface area (Å²) in [5.74, 6) is -1.31. The summed E-state index contributed by atoms with van der Waals surface area (Å²) in [6.45, 7) is 3.43. The Morgan fingerprint density at radius 3 is 2.10 bits per heavy atom. The Morgan fingerprint density at radius 2 is 1.45 bits per heavy atom. The highest BCUT2D eigenvalue weighted by molar-refractivity contribution is 6.26. The number of rotatable bonds is 5. The molecule has 0 fully saturated rings. The number of benzene rings is 4. The number of anilines is 2. The number of para-hydroxylation sites is 2. The van der Waals surface area contributed by atoms with Gasteiger partial charge in [0.2, 0.25) is 11.8 Å². The largest absolute Gasteiger partial charge is 0.309 e. The standard InChI is InChI=1S/C33H29N3O4/c1-3-29(37)35-21(2)19-28(24-15-7-8-18-27(24)35)36(23-13-5-4-6-14-23)30(38)20-34-32(39)25-16-9-11-22-12-10-17-26(31(22)25)33(34)40/h4-18,21,28H,3,19-20H2,1-2H3/t21-,28+/m1/s1. The molecule has 0 aromatic heterocycles. The molecule has 2 aliphatic rings. The Morgan fingerprint density at radius 1 is 0.825 bits per heavy atom. The van der Waals surface area contributed by atoms with Crippen LogP contribution in [0.3, 0.4) is 0 Å². The van der Waals surface area contributed by atoms with Crippen molar-refractivity contribution in [2.24, 2.45) is 0 Å². The summed E-state index contributed by atoms with van der Waals surface area (Å²) in [6, 6.07) is 27.1. The smallest absolute Gasteiger partial charge is 0.261 e. The Kier molecular flexibility index (Phi) is 6.42. The van der Waals surface area contributed by atoms with Crippen LogP contribution in [0.2, 0.25) is 0 Å². The van der Waals surface area contributed by atoms with Gasteiger partial charge in [0.25, 0.3) is 11.8 Å². The van der Waals surface area contributed by atoms with Crippen LogP contribution in [0.1, 0.15) is 59.0 Å². The molecular weight excluding hydrogens is 502 g/mol. The molecule has 40 heavy (non-hydrogen) atoms. The second kappa shape index (κ2) is 10.1. The zero-order valence-electron chi connectivity index (χ0n) is 22.4. The molecule has 2 aliphatic heterocycles. The van der Waals surface area contributed by atoms with E-state index in [-0.39, 0.29) is 17.9 Å². The third kappa shape index (κ3) is 4.06. The van der Waals surface area contributed by atoms with Gasteiger partial charge in [-0.3, -0.25) is 24.1 Å². The minimum atomic E-state index is -0.479. The van der Waals surface area contributed by atoms with Crippen LogP contribution >= 0.6 is 0 Å². The normalized spacial score (nSPS) is 18.1. The molecule has 0 N–H and O–H groups in total. The molecular formula is C33H29N3O4. The van der Waals surface area contributed by atoms with Crippen LogP contribution in [0.15, 0.2) is 91.0 Å². The molecule has 200 valence electrons. The molecule has 0 saturated heterocycles. The van der Waals surface area contributed by atoms with Crippen LogP contribution < -0.4 is 9.80 Å². The average Bonchev–Trinajstić information content (AvgIpc) is 2.98. The lowest BCUT2D eigenvalue weighted by Crippen LogP contribution is -2.51.